The molecule has 0 bridgehead atoms. The molecule has 0 saturated carbocycles. The lowest BCUT2D eigenvalue weighted by atomic mass is 10.2. The molecule has 0 aromatic heterocycles. The lowest BCUT2D eigenvalue weighted by molar-refractivity contribution is -0.255. The quantitative estimate of drug-likeness (QED) is 0.774. The van der Waals surface area contributed by atoms with Crippen LogP contribution in [-0.2, 0) is 4.79 Å². The van der Waals surface area contributed by atoms with Crippen molar-refractivity contribution >= 4 is 29.3 Å². The third-order valence-corrected chi connectivity index (χ3v) is 3.55. The van der Waals surface area contributed by atoms with Crippen LogP contribution in [0, 0.1) is 0 Å². The summed E-state index contributed by atoms with van der Waals surface area (Å²) in [4.78, 5) is 23.1. The SMILES string of the molecule is O=C(COc1ccccc1C(=O)[O-])Nc1ccc(SC(F)F)cc1. The van der Waals surface area contributed by atoms with E-state index in [9.17, 15) is 23.5 Å². The zero-order chi connectivity index (χ0) is 17.5. The Kier molecular flexibility index (Phi) is 6.14. The van der Waals surface area contributed by atoms with Crippen molar-refractivity contribution in [3.63, 3.8) is 0 Å². The predicted molar refractivity (Wildman–Crippen MR) is 83.2 cm³/mol. The summed E-state index contributed by atoms with van der Waals surface area (Å²) in [5, 5.41) is 13.4. The first-order chi connectivity index (χ1) is 11.5. The zero-order valence-corrected chi connectivity index (χ0v) is 13.0. The highest BCUT2D eigenvalue weighted by atomic mass is 32.2. The first-order valence-corrected chi connectivity index (χ1v) is 7.61. The summed E-state index contributed by atoms with van der Waals surface area (Å²) in [5.41, 5.74) is 0.258. The van der Waals surface area contributed by atoms with Gasteiger partial charge in [0.05, 0.1) is 5.97 Å². The van der Waals surface area contributed by atoms with Crippen molar-refractivity contribution in [1.29, 1.82) is 0 Å². The third kappa shape index (κ3) is 5.24. The van der Waals surface area contributed by atoms with Crippen molar-refractivity contribution in [3.8, 4) is 5.75 Å². The highest BCUT2D eigenvalue weighted by molar-refractivity contribution is 7.99. The molecule has 126 valence electrons. The number of carboxylic acids is 1. The second kappa shape index (κ2) is 8.30. The smallest absolute Gasteiger partial charge is 0.288 e. The molecule has 24 heavy (non-hydrogen) atoms. The summed E-state index contributed by atoms with van der Waals surface area (Å²) < 4.78 is 29.6. The second-order valence-electron chi connectivity index (χ2n) is 4.52. The molecule has 0 aliphatic rings. The van der Waals surface area contributed by atoms with Gasteiger partial charge < -0.3 is 20.0 Å². The van der Waals surface area contributed by atoms with Gasteiger partial charge >= 0.3 is 0 Å². The van der Waals surface area contributed by atoms with E-state index in [2.05, 4.69) is 5.32 Å². The molecule has 2 rings (SSSR count). The van der Waals surface area contributed by atoms with Crippen LogP contribution in [0.15, 0.2) is 53.4 Å². The van der Waals surface area contributed by atoms with Gasteiger partial charge in [0.2, 0.25) is 0 Å². The van der Waals surface area contributed by atoms with Crippen LogP contribution in [0.5, 0.6) is 5.75 Å². The fourth-order valence-electron chi connectivity index (χ4n) is 1.82. The molecular weight excluding hydrogens is 340 g/mol. The maximum Gasteiger partial charge on any atom is 0.288 e. The maximum absolute atomic E-state index is 12.2. The molecule has 0 radical (unpaired) electrons. The lowest BCUT2D eigenvalue weighted by Crippen LogP contribution is -2.25. The van der Waals surface area contributed by atoms with Crippen molar-refractivity contribution in [2.24, 2.45) is 0 Å². The molecular formula is C16H12F2NO4S-. The first kappa shape index (κ1) is 17.7. The molecule has 0 aliphatic heterocycles. The van der Waals surface area contributed by atoms with Crippen LogP contribution in [0.4, 0.5) is 14.5 Å². The number of hydrogen-bond donors (Lipinski definition) is 1. The van der Waals surface area contributed by atoms with Crippen LogP contribution >= 0.6 is 11.8 Å². The van der Waals surface area contributed by atoms with Crippen molar-refractivity contribution in [3.05, 3.63) is 54.1 Å². The summed E-state index contributed by atoms with van der Waals surface area (Å²) >= 11 is 0.406. The molecule has 8 heteroatoms. The van der Waals surface area contributed by atoms with E-state index in [0.717, 1.165) is 0 Å². The van der Waals surface area contributed by atoms with Gasteiger partial charge in [0.15, 0.2) is 6.61 Å². The summed E-state index contributed by atoms with van der Waals surface area (Å²) in [5.74, 6) is -4.41. The monoisotopic (exact) mass is 352 g/mol. The van der Waals surface area contributed by atoms with Gasteiger partial charge in [0.1, 0.15) is 5.75 Å². The highest BCUT2D eigenvalue weighted by Crippen LogP contribution is 2.26. The van der Waals surface area contributed by atoms with Crippen LogP contribution in [0.25, 0.3) is 0 Å². The topological polar surface area (TPSA) is 78.5 Å². The van der Waals surface area contributed by atoms with Crippen molar-refractivity contribution in [2.45, 2.75) is 10.7 Å². The van der Waals surface area contributed by atoms with E-state index in [1.54, 1.807) is 6.07 Å². The zero-order valence-electron chi connectivity index (χ0n) is 12.2. The summed E-state index contributed by atoms with van der Waals surface area (Å²) in [6.07, 6.45) is 0. The van der Waals surface area contributed by atoms with Gasteiger partial charge in [-0.2, -0.15) is 8.78 Å². The summed E-state index contributed by atoms with van der Waals surface area (Å²) in [7, 11) is 0. The molecule has 0 saturated heterocycles. The van der Waals surface area contributed by atoms with E-state index in [1.807, 2.05) is 0 Å². The van der Waals surface area contributed by atoms with E-state index in [-0.39, 0.29) is 11.3 Å². The number of amides is 1. The standard InChI is InChI=1S/C16H13F2NO4S/c17-16(18)24-11-7-5-10(6-8-11)19-14(20)9-23-13-4-2-1-3-12(13)15(21)22/h1-8,16H,9H2,(H,19,20)(H,21,22)/p-1. The Morgan fingerprint density at radius 2 is 1.79 bits per heavy atom. The number of hydrogen-bond acceptors (Lipinski definition) is 5. The van der Waals surface area contributed by atoms with Crippen molar-refractivity contribution < 1.29 is 28.2 Å². The number of rotatable bonds is 7. The average Bonchev–Trinajstić information content (AvgIpc) is 2.54. The van der Waals surface area contributed by atoms with Crippen LogP contribution in [-0.4, -0.2) is 24.2 Å². The van der Waals surface area contributed by atoms with E-state index in [1.165, 1.54) is 42.5 Å². The van der Waals surface area contributed by atoms with Gasteiger partial charge in [0, 0.05) is 16.1 Å². The number of carbonyl (C=O) groups excluding carboxylic acids is 2. The number of anilines is 1. The molecule has 0 aliphatic carbocycles. The number of alkyl halides is 2. The minimum atomic E-state index is -2.51. The van der Waals surface area contributed by atoms with Crippen molar-refractivity contribution in [1.82, 2.24) is 0 Å². The number of carboxylic acid groups (broad SMARTS) is 1. The minimum Gasteiger partial charge on any atom is -0.545 e. The highest BCUT2D eigenvalue weighted by Gasteiger charge is 2.09. The van der Waals surface area contributed by atoms with E-state index < -0.39 is 24.2 Å². The third-order valence-electron chi connectivity index (χ3n) is 2.83. The molecule has 0 atom stereocenters. The predicted octanol–water partition coefficient (Wildman–Crippen LogP) is 2.38. The number of nitrogens with one attached hydrogen (secondary N) is 1. The Labute approximate surface area is 140 Å². The number of halogens is 2. The average molecular weight is 352 g/mol. The van der Waals surface area contributed by atoms with Gasteiger partial charge in [-0.25, -0.2) is 0 Å². The van der Waals surface area contributed by atoms with E-state index in [4.69, 9.17) is 4.74 Å². The number of aromatic carboxylic acids is 1. The normalized spacial score (nSPS) is 10.5. The Bertz CT molecular complexity index is 722. The van der Waals surface area contributed by atoms with Gasteiger partial charge in [-0.3, -0.25) is 4.79 Å². The van der Waals surface area contributed by atoms with Crippen LogP contribution < -0.4 is 15.2 Å². The summed E-state index contributed by atoms with van der Waals surface area (Å²) in [6, 6.07) is 11.7. The van der Waals surface area contributed by atoms with Gasteiger partial charge in [0.25, 0.3) is 11.7 Å². The molecule has 0 spiro atoms. The van der Waals surface area contributed by atoms with Crippen LogP contribution in [0.2, 0.25) is 0 Å². The van der Waals surface area contributed by atoms with Crippen LogP contribution in [0.3, 0.4) is 0 Å². The largest absolute Gasteiger partial charge is 0.545 e. The molecule has 0 unspecified atom stereocenters. The molecule has 2 aromatic carbocycles. The molecule has 1 N–H and O–H groups in total. The van der Waals surface area contributed by atoms with Gasteiger partial charge in [-0.1, -0.05) is 23.9 Å². The number of thioether (sulfide) groups is 1. The second-order valence-corrected chi connectivity index (χ2v) is 5.59. The number of ether oxygens (including phenoxy) is 1. The fourth-order valence-corrected chi connectivity index (χ4v) is 2.32. The van der Waals surface area contributed by atoms with Gasteiger partial charge in [-0.15, -0.1) is 0 Å². The Morgan fingerprint density at radius 1 is 1.12 bits per heavy atom. The molecule has 2 aromatic rings. The number of para-hydroxylation sites is 1. The first-order valence-electron chi connectivity index (χ1n) is 6.73. The Hall–Kier alpha value is -2.61. The minimum absolute atomic E-state index is 0.0244. The van der Waals surface area contributed by atoms with E-state index in [0.29, 0.717) is 22.3 Å². The molecule has 5 nitrogen and oxygen atoms in total. The molecule has 0 fully saturated rings. The van der Waals surface area contributed by atoms with E-state index >= 15 is 0 Å². The Morgan fingerprint density at radius 3 is 2.42 bits per heavy atom. The number of benzene rings is 2. The fraction of sp³-hybridized carbons (Fsp3) is 0.125. The molecule has 1 amide bonds. The maximum atomic E-state index is 12.2. The Balaban J connectivity index is 1.91. The van der Waals surface area contributed by atoms with Crippen molar-refractivity contribution in [2.75, 3.05) is 11.9 Å². The lowest BCUT2D eigenvalue weighted by Gasteiger charge is -2.12. The van der Waals surface area contributed by atoms with Gasteiger partial charge in [-0.05, 0) is 36.4 Å². The molecule has 0 heterocycles. The summed E-state index contributed by atoms with van der Waals surface area (Å²) in [6.45, 7) is -0.405. The van der Waals surface area contributed by atoms with Crippen LogP contribution in [0.1, 0.15) is 10.4 Å². The number of carbonyl (C=O) groups is 2.